The summed E-state index contributed by atoms with van der Waals surface area (Å²) in [4.78, 5) is 25.9. The fourth-order valence-corrected chi connectivity index (χ4v) is 3.50. The number of carbonyl (C=O) groups is 1. The van der Waals surface area contributed by atoms with Crippen LogP contribution >= 0.6 is 0 Å². The van der Waals surface area contributed by atoms with E-state index in [0.717, 1.165) is 17.5 Å². The van der Waals surface area contributed by atoms with Crippen molar-refractivity contribution in [2.75, 3.05) is 43.0 Å². The van der Waals surface area contributed by atoms with E-state index in [1.807, 2.05) is 78.2 Å². The number of rotatable bonds is 5. The lowest BCUT2D eigenvalue weighted by Crippen LogP contribution is -2.50. The van der Waals surface area contributed by atoms with Gasteiger partial charge in [-0.1, -0.05) is 12.1 Å². The quantitative estimate of drug-likeness (QED) is 0.703. The number of ether oxygens (including phenoxy) is 1. The standard InChI is InChI=1S/C22H26N6O2/c1-3-30-19-9-5-4-8-18(19)25-22(29)28-14-12-27(13-15-28)21-16-20(23-17(2)24-21)26-10-6-7-11-26/h4-11,16H,3,12-15H2,1-2H3,(H,25,29). The van der Waals surface area contributed by atoms with Crippen molar-refractivity contribution in [3.63, 3.8) is 0 Å². The second-order valence-electron chi connectivity index (χ2n) is 7.06. The first kappa shape index (κ1) is 19.8. The summed E-state index contributed by atoms with van der Waals surface area (Å²) in [6, 6.07) is 13.3. The smallest absolute Gasteiger partial charge is 0.322 e. The number of hydrogen-bond acceptors (Lipinski definition) is 5. The molecule has 8 nitrogen and oxygen atoms in total. The van der Waals surface area contributed by atoms with Gasteiger partial charge >= 0.3 is 6.03 Å². The van der Waals surface area contributed by atoms with Crippen LogP contribution in [0.15, 0.2) is 54.9 Å². The largest absolute Gasteiger partial charge is 0.492 e. The highest BCUT2D eigenvalue weighted by Gasteiger charge is 2.23. The first-order valence-electron chi connectivity index (χ1n) is 10.2. The van der Waals surface area contributed by atoms with E-state index in [1.165, 1.54) is 0 Å². The Kier molecular flexibility index (Phi) is 5.83. The molecule has 0 spiro atoms. The van der Waals surface area contributed by atoms with Gasteiger partial charge < -0.3 is 24.4 Å². The van der Waals surface area contributed by atoms with Gasteiger partial charge in [0.15, 0.2) is 0 Å². The SMILES string of the molecule is CCOc1ccccc1NC(=O)N1CCN(c2cc(-n3cccc3)nc(C)n2)CC1. The van der Waals surface area contributed by atoms with Crippen molar-refractivity contribution in [1.29, 1.82) is 0 Å². The third kappa shape index (κ3) is 4.37. The highest BCUT2D eigenvalue weighted by Crippen LogP contribution is 2.24. The highest BCUT2D eigenvalue weighted by molar-refractivity contribution is 5.91. The van der Waals surface area contributed by atoms with Crippen LogP contribution < -0.4 is 15.0 Å². The lowest BCUT2D eigenvalue weighted by atomic mass is 10.3. The molecule has 1 aliphatic heterocycles. The second-order valence-corrected chi connectivity index (χ2v) is 7.06. The predicted octanol–water partition coefficient (Wildman–Crippen LogP) is 3.33. The van der Waals surface area contributed by atoms with Crippen LogP contribution in [-0.4, -0.2) is 58.3 Å². The van der Waals surface area contributed by atoms with Crippen molar-refractivity contribution in [1.82, 2.24) is 19.4 Å². The van der Waals surface area contributed by atoms with Gasteiger partial charge in [-0.2, -0.15) is 0 Å². The molecule has 1 aromatic carbocycles. The zero-order valence-corrected chi connectivity index (χ0v) is 17.3. The van der Waals surface area contributed by atoms with Crippen molar-refractivity contribution in [3.05, 3.63) is 60.7 Å². The van der Waals surface area contributed by atoms with Gasteiger partial charge in [0.05, 0.1) is 12.3 Å². The summed E-state index contributed by atoms with van der Waals surface area (Å²) in [7, 11) is 0. The van der Waals surface area contributed by atoms with E-state index in [0.29, 0.717) is 44.2 Å². The summed E-state index contributed by atoms with van der Waals surface area (Å²) in [5.41, 5.74) is 0.689. The summed E-state index contributed by atoms with van der Waals surface area (Å²) in [5.74, 6) is 3.13. The van der Waals surface area contributed by atoms with E-state index < -0.39 is 0 Å². The molecule has 2 aromatic heterocycles. The number of carbonyl (C=O) groups excluding carboxylic acids is 1. The van der Waals surface area contributed by atoms with Crippen LogP contribution in [0.2, 0.25) is 0 Å². The van der Waals surface area contributed by atoms with Gasteiger partial charge in [-0.05, 0) is 38.1 Å². The number of aryl methyl sites for hydroxylation is 1. The maximum Gasteiger partial charge on any atom is 0.322 e. The molecule has 1 fully saturated rings. The third-order valence-electron chi connectivity index (χ3n) is 5.00. The van der Waals surface area contributed by atoms with E-state index in [1.54, 1.807) is 0 Å². The minimum atomic E-state index is -0.117. The molecule has 0 bridgehead atoms. The van der Waals surface area contributed by atoms with Crippen molar-refractivity contribution >= 4 is 17.5 Å². The first-order chi connectivity index (χ1) is 14.6. The van der Waals surface area contributed by atoms with E-state index in [-0.39, 0.29) is 6.03 Å². The maximum atomic E-state index is 12.7. The summed E-state index contributed by atoms with van der Waals surface area (Å²) >= 11 is 0. The van der Waals surface area contributed by atoms with Gasteiger partial charge in [0, 0.05) is 44.6 Å². The Bertz CT molecular complexity index is 997. The molecule has 1 N–H and O–H groups in total. The van der Waals surface area contributed by atoms with Gasteiger partial charge in [-0.3, -0.25) is 0 Å². The molecule has 30 heavy (non-hydrogen) atoms. The number of piperazine rings is 1. The Morgan fingerprint density at radius 2 is 1.73 bits per heavy atom. The zero-order chi connectivity index (χ0) is 20.9. The molecule has 0 saturated carbocycles. The molecule has 8 heteroatoms. The van der Waals surface area contributed by atoms with Crippen molar-refractivity contribution in [2.45, 2.75) is 13.8 Å². The predicted molar refractivity (Wildman–Crippen MR) is 117 cm³/mol. The van der Waals surface area contributed by atoms with E-state index in [2.05, 4.69) is 20.2 Å². The van der Waals surface area contributed by atoms with Gasteiger partial charge in [0.2, 0.25) is 0 Å². The highest BCUT2D eigenvalue weighted by atomic mass is 16.5. The van der Waals surface area contributed by atoms with Crippen molar-refractivity contribution in [3.8, 4) is 11.6 Å². The Morgan fingerprint density at radius 3 is 2.47 bits per heavy atom. The van der Waals surface area contributed by atoms with Crippen LogP contribution in [0.5, 0.6) is 5.75 Å². The maximum absolute atomic E-state index is 12.7. The van der Waals surface area contributed by atoms with Crippen molar-refractivity contribution < 1.29 is 9.53 Å². The van der Waals surface area contributed by atoms with Crippen molar-refractivity contribution in [2.24, 2.45) is 0 Å². The number of hydrogen-bond donors (Lipinski definition) is 1. The molecule has 1 aliphatic rings. The lowest BCUT2D eigenvalue weighted by molar-refractivity contribution is 0.208. The Labute approximate surface area is 176 Å². The number of nitrogens with one attached hydrogen (secondary N) is 1. The van der Waals surface area contributed by atoms with Crippen LogP contribution in [0.25, 0.3) is 5.82 Å². The molecule has 3 heterocycles. The van der Waals surface area contributed by atoms with Crippen LogP contribution in [-0.2, 0) is 0 Å². The lowest BCUT2D eigenvalue weighted by Gasteiger charge is -2.35. The normalized spacial score (nSPS) is 13.9. The van der Waals surface area contributed by atoms with Crippen LogP contribution in [0.3, 0.4) is 0 Å². The summed E-state index contributed by atoms with van der Waals surface area (Å²) in [5, 5.41) is 2.97. The molecule has 0 radical (unpaired) electrons. The molecule has 156 valence electrons. The zero-order valence-electron chi connectivity index (χ0n) is 17.3. The fraction of sp³-hybridized carbons (Fsp3) is 0.318. The number of benzene rings is 1. The minimum absolute atomic E-state index is 0.117. The topological polar surface area (TPSA) is 75.5 Å². The number of urea groups is 1. The number of aromatic nitrogens is 3. The fourth-order valence-electron chi connectivity index (χ4n) is 3.50. The number of amides is 2. The van der Waals surface area contributed by atoms with Crippen LogP contribution in [0, 0.1) is 6.92 Å². The molecule has 4 rings (SSSR count). The summed E-state index contributed by atoms with van der Waals surface area (Å²) in [6.45, 7) is 7.03. The Hall–Kier alpha value is -3.55. The molecular weight excluding hydrogens is 380 g/mol. The minimum Gasteiger partial charge on any atom is -0.492 e. The molecule has 0 unspecified atom stereocenters. The molecule has 3 aromatic rings. The van der Waals surface area contributed by atoms with Gasteiger partial charge in [0.25, 0.3) is 0 Å². The molecule has 2 amide bonds. The average molecular weight is 406 g/mol. The average Bonchev–Trinajstić information content (AvgIpc) is 3.30. The Morgan fingerprint density at radius 1 is 1.03 bits per heavy atom. The van der Waals surface area contributed by atoms with E-state index in [9.17, 15) is 4.79 Å². The second kappa shape index (κ2) is 8.86. The first-order valence-corrected chi connectivity index (χ1v) is 10.2. The van der Waals surface area contributed by atoms with Crippen LogP contribution in [0.4, 0.5) is 16.3 Å². The Balaban J connectivity index is 1.40. The number of para-hydroxylation sites is 2. The summed E-state index contributed by atoms with van der Waals surface area (Å²) in [6.07, 6.45) is 3.93. The monoisotopic (exact) mass is 406 g/mol. The number of nitrogens with zero attached hydrogens (tertiary/aromatic N) is 5. The van der Waals surface area contributed by atoms with Crippen LogP contribution in [0.1, 0.15) is 12.7 Å². The molecular formula is C22H26N6O2. The van der Waals surface area contributed by atoms with Gasteiger partial charge in [-0.25, -0.2) is 14.8 Å². The molecule has 1 saturated heterocycles. The van der Waals surface area contributed by atoms with E-state index >= 15 is 0 Å². The van der Waals surface area contributed by atoms with Gasteiger partial charge in [0.1, 0.15) is 23.2 Å². The number of anilines is 2. The third-order valence-corrected chi connectivity index (χ3v) is 5.00. The molecule has 0 aliphatic carbocycles. The van der Waals surface area contributed by atoms with E-state index in [4.69, 9.17) is 4.74 Å². The van der Waals surface area contributed by atoms with Gasteiger partial charge in [-0.15, -0.1) is 0 Å². The molecule has 0 atom stereocenters. The summed E-state index contributed by atoms with van der Waals surface area (Å²) < 4.78 is 7.57.